The highest BCUT2D eigenvalue weighted by molar-refractivity contribution is 4.52. The maximum atomic E-state index is 2.33. The van der Waals surface area contributed by atoms with Crippen molar-refractivity contribution in [2.24, 2.45) is 0 Å². The van der Waals surface area contributed by atoms with Crippen molar-refractivity contribution >= 4 is 0 Å². The molecule has 0 aliphatic carbocycles. The Morgan fingerprint density at radius 3 is 0.379 bits per heavy atom. The molecule has 0 aliphatic rings. The van der Waals surface area contributed by atoms with Crippen molar-refractivity contribution in [3.63, 3.8) is 0 Å². The van der Waals surface area contributed by atoms with Gasteiger partial charge in [-0.2, -0.15) is 0 Å². The van der Waals surface area contributed by atoms with Crippen LogP contribution < -0.4 is 43.8 Å². The van der Waals surface area contributed by atoms with Crippen LogP contribution >= 0.6 is 0 Å². The summed E-state index contributed by atoms with van der Waals surface area (Å²) in [5.74, 6) is 0. The van der Waals surface area contributed by atoms with Crippen LogP contribution in [0.5, 0.6) is 0 Å². The summed E-state index contributed by atoms with van der Waals surface area (Å²) in [6.45, 7) is 18.0. The van der Waals surface area contributed by atoms with E-state index in [0.29, 0.717) is 0 Å². The van der Waals surface area contributed by atoms with E-state index in [-0.39, 0.29) is 34.0 Å². The van der Waals surface area contributed by atoms with Crippen LogP contribution in [0, 0.1) is 0 Å². The molecule has 0 fully saturated rings. The summed E-state index contributed by atoms with van der Waals surface area (Å²) in [6.07, 6.45) is 64.4. The number of halogens is 2. The number of nitrogens with one attached hydrogen (secondary N) is 2. The predicted molar refractivity (Wildman–Crippen MR) is 257 cm³/mol. The number of rotatable bonds is 51. The zero-order valence-corrected chi connectivity index (χ0v) is 44.3. The highest BCUT2D eigenvalue weighted by Gasteiger charge is 2.11. The predicted octanol–water partition coefficient (Wildman–Crippen LogP) is 10.0. The monoisotopic (exact) mass is 949 g/mol. The van der Waals surface area contributed by atoms with Crippen LogP contribution in [-0.2, 0) is 0 Å². The fourth-order valence-electron chi connectivity index (χ4n) is 9.30. The van der Waals surface area contributed by atoms with E-state index < -0.39 is 0 Å². The highest BCUT2D eigenvalue weighted by Crippen LogP contribution is 2.13. The number of hydrogen-bond donors (Lipinski definition) is 2. The van der Waals surface area contributed by atoms with Crippen LogP contribution in [0.4, 0.5) is 0 Å². The molecular weight excluding hydrogens is 836 g/mol. The lowest BCUT2D eigenvalue weighted by Gasteiger charge is -2.21. The zero-order chi connectivity index (χ0) is 40.5. The topological polar surface area (TPSA) is 8.88 Å². The van der Waals surface area contributed by atoms with Gasteiger partial charge in [0.15, 0.2) is 0 Å². The first kappa shape index (κ1) is 63.2. The average molecular weight is 951 g/mol. The third kappa shape index (κ3) is 53.0. The average Bonchev–Trinajstić information content (AvgIpc) is 3.21. The van der Waals surface area contributed by atoms with Crippen LogP contribution in [0.15, 0.2) is 0 Å². The van der Waals surface area contributed by atoms with Gasteiger partial charge in [-0.15, -0.1) is 0 Å². The summed E-state index contributed by atoms with van der Waals surface area (Å²) in [5, 5.41) is 0. The molecule has 2 N–H and O–H groups in total. The molecule has 0 aromatic rings. The molecule has 58 heavy (non-hydrogen) atoms. The van der Waals surface area contributed by atoms with Gasteiger partial charge < -0.3 is 43.8 Å². The van der Waals surface area contributed by atoms with Gasteiger partial charge >= 0.3 is 0 Å². The first-order valence-corrected chi connectivity index (χ1v) is 27.4. The SMILES string of the molecule is CCCCCCCCCCCC[NH+](CCCCCCCCCCCC)CCCCCC[NH+](CCCCCCCCCCCC)CCCCCCCCCCCC.[Br-].[Br-]. The summed E-state index contributed by atoms with van der Waals surface area (Å²) in [5.41, 5.74) is 0. The van der Waals surface area contributed by atoms with Gasteiger partial charge in [-0.1, -0.05) is 233 Å². The molecule has 0 radical (unpaired) electrons. The van der Waals surface area contributed by atoms with Crippen LogP contribution in [0.2, 0.25) is 0 Å². The second kappa shape index (κ2) is 57.9. The lowest BCUT2D eigenvalue weighted by atomic mass is 10.1. The molecule has 0 bridgehead atoms. The summed E-state index contributed by atoms with van der Waals surface area (Å²) in [6, 6.07) is 0. The molecule has 0 unspecified atom stereocenters. The Kier molecular flexibility index (Phi) is 63.0. The summed E-state index contributed by atoms with van der Waals surface area (Å²) in [7, 11) is 0. The van der Waals surface area contributed by atoms with Gasteiger partial charge in [0.1, 0.15) is 0 Å². The van der Waals surface area contributed by atoms with Crippen molar-refractivity contribution in [3.8, 4) is 0 Å². The van der Waals surface area contributed by atoms with Crippen LogP contribution in [-0.4, -0.2) is 39.3 Å². The highest BCUT2D eigenvalue weighted by atomic mass is 79.9. The van der Waals surface area contributed by atoms with E-state index in [1.54, 1.807) is 0 Å². The Balaban J connectivity index is -0.0000151. The second-order valence-electron chi connectivity index (χ2n) is 19.1. The Labute approximate surface area is 391 Å². The van der Waals surface area contributed by atoms with Crippen molar-refractivity contribution in [1.29, 1.82) is 0 Å². The first-order chi connectivity index (χ1) is 27.8. The molecule has 2 nitrogen and oxygen atoms in total. The van der Waals surface area contributed by atoms with Crippen molar-refractivity contribution in [3.05, 3.63) is 0 Å². The molecule has 0 atom stereocenters. The molecule has 4 heteroatoms. The van der Waals surface area contributed by atoms with Crippen molar-refractivity contribution in [2.45, 2.75) is 310 Å². The summed E-state index contributed by atoms with van der Waals surface area (Å²) < 4.78 is 0. The molecular formula is C54H114Br2N2. The largest absolute Gasteiger partial charge is 1.00 e. The van der Waals surface area contributed by atoms with E-state index >= 15 is 0 Å². The molecule has 354 valence electrons. The minimum Gasteiger partial charge on any atom is -1.00 e. The second-order valence-corrected chi connectivity index (χ2v) is 19.1. The number of quaternary nitrogens is 2. The van der Waals surface area contributed by atoms with Crippen molar-refractivity contribution in [2.75, 3.05) is 39.3 Å². The van der Waals surface area contributed by atoms with Crippen LogP contribution in [0.25, 0.3) is 0 Å². The van der Waals surface area contributed by atoms with Gasteiger partial charge in [0, 0.05) is 0 Å². The van der Waals surface area contributed by atoms with E-state index in [2.05, 4.69) is 27.7 Å². The molecule has 0 saturated carbocycles. The Morgan fingerprint density at radius 2 is 0.259 bits per heavy atom. The maximum Gasteiger partial charge on any atom is 0.0770 e. The molecule has 0 aromatic carbocycles. The molecule has 0 saturated heterocycles. The lowest BCUT2D eigenvalue weighted by Crippen LogP contribution is -3.12. The Morgan fingerprint density at radius 1 is 0.155 bits per heavy atom. The number of hydrogen-bond acceptors (Lipinski definition) is 0. The van der Waals surface area contributed by atoms with Gasteiger partial charge in [0.05, 0.1) is 39.3 Å². The van der Waals surface area contributed by atoms with E-state index in [1.807, 2.05) is 9.80 Å². The lowest BCUT2D eigenvalue weighted by molar-refractivity contribution is -0.901. The fraction of sp³-hybridized carbons (Fsp3) is 1.00. The third-order valence-electron chi connectivity index (χ3n) is 13.3. The standard InChI is InChI=1S/C54H112N2.2BrH/c1-5-9-13-17-21-25-29-33-37-43-49-55(50-44-38-34-30-26-22-18-14-10-6-2)53-47-41-42-48-54-56(51-45-39-35-31-27-23-19-15-11-7-3)52-46-40-36-32-28-24-20-16-12-8-4;;/h5-54H2,1-4H3;2*1H. The van der Waals surface area contributed by atoms with Crippen LogP contribution in [0.3, 0.4) is 0 Å². The Hall–Kier alpha value is 0.880. The third-order valence-corrected chi connectivity index (χ3v) is 13.3. The Bertz CT molecular complexity index is 571. The van der Waals surface area contributed by atoms with Crippen molar-refractivity contribution in [1.82, 2.24) is 0 Å². The molecule has 0 aromatic heterocycles. The first-order valence-electron chi connectivity index (χ1n) is 27.4. The maximum absolute atomic E-state index is 2.33. The van der Waals surface area contributed by atoms with E-state index in [4.69, 9.17) is 0 Å². The zero-order valence-electron chi connectivity index (χ0n) is 41.1. The quantitative estimate of drug-likeness (QED) is 0.0563. The molecule has 0 aliphatic heterocycles. The molecule has 0 amide bonds. The summed E-state index contributed by atoms with van der Waals surface area (Å²) in [4.78, 5) is 3.91. The van der Waals surface area contributed by atoms with Gasteiger partial charge in [-0.3, -0.25) is 0 Å². The minimum atomic E-state index is 0. The van der Waals surface area contributed by atoms with E-state index in [0.717, 1.165) is 0 Å². The van der Waals surface area contributed by atoms with Gasteiger partial charge in [-0.25, -0.2) is 0 Å². The van der Waals surface area contributed by atoms with Crippen molar-refractivity contribution < 1.29 is 43.8 Å². The number of unbranched alkanes of at least 4 members (excludes halogenated alkanes) is 39. The van der Waals surface area contributed by atoms with Crippen LogP contribution in [0.1, 0.15) is 310 Å². The van der Waals surface area contributed by atoms with E-state index in [9.17, 15) is 0 Å². The smallest absolute Gasteiger partial charge is 0.0770 e. The van der Waals surface area contributed by atoms with E-state index in [1.165, 1.54) is 322 Å². The molecule has 0 heterocycles. The van der Waals surface area contributed by atoms with Gasteiger partial charge in [0.25, 0.3) is 0 Å². The van der Waals surface area contributed by atoms with Gasteiger partial charge in [-0.05, 0) is 77.0 Å². The molecule has 0 rings (SSSR count). The fourth-order valence-corrected chi connectivity index (χ4v) is 9.30. The summed E-state index contributed by atoms with van der Waals surface area (Å²) >= 11 is 0. The normalized spacial score (nSPS) is 11.5. The minimum absolute atomic E-state index is 0. The van der Waals surface area contributed by atoms with Gasteiger partial charge in [0.2, 0.25) is 0 Å². The molecule has 0 spiro atoms.